The average molecular weight is 387 g/mol. The van der Waals surface area contributed by atoms with E-state index in [0.717, 1.165) is 30.6 Å². The van der Waals surface area contributed by atoms with Gasteiger partial charge in [0.1, 0.15) is 11.6 Å². The highest BCUT2D eigenvalue weighted by molar-refractivity contribution is 5.75. The molecule has 0 aliphatic heterocycles. The molecule has 4 atom stereocenters. The monoisotopic (exact) mass is 386 g/mol. The molecule has 0 aromatic heterocycles. The fraction of sp³-hybridized carbons (Fsp3) is 0.720. The molecule has 0 N–H and O–H groups in total. The maximum atomic E-state index is 13.8. The largest absolute Gasteiger partial charge is 0.426 e. The highest BCUT2D eigenvalue weighted by Crippen LogP contribution is 2.50. The van der Waals surface area contributed by atoms with Gasteiger partial charge in [-0.25, -0.2) is 4.39 Å². The van der Waals surface area contributed by atoms with Crippen molar-refractivity contribution in [1.82, 2.24) is 0 Å². The van der Waals surface area contributed by atoms with Crippen LogP contribution in [0.15, 0.2) is 18.2 Å². The number of benzene rings is 1. The number of halogens is 1. The Labute approximate surface area is 169 Å². The Morgan fingerprint density at radius 2 is 1.71 bits per heavy atom. The van der Waals surface area contributed by atoms with Gasteiger partial charge >= 0.3 is 5.97 Å². The first kappa shape index (κ1) is 19.9. The Morgan fingerprint density at radius 3 is 2.46 bits per heavy atom. The molecule has 1 aromatic rings. The van der Waals surface area contributed by atoms with Gasteiger partial charge in [-0.05, 0) is 86.7 Å². The number of carbonyl (C=O) groups is 1. The molecule has 3 aliphatic carbocycles. The topological polar surface area (TPSA) is 26.3 Å². The van der Waals surface area contributed by atoms with E-state index in [1.54, 1.807) is 19.1 Å². The Kier molecular flexibility index (Phi) is 6.08. The third kappa shape index (κ3) is 4.28. The number of hydrogen-bond acceptors (Lipinski definition) is 2. The van der Waals surface area contributed by atoms with Crippen LogP contribution in [0.1, 0.15) is 76.7 Å². The van der Waals surface area contributed by atoms with Gasteiger partial charge in [-0.1, -0.05) is 38.7 Å². The quantitative estimate of drug-likeness (QED) is 0.427. The van der Waals surface area contributed by atoms with Crippen molar-refractivity contribution in [2.45, 2.75) is 78.1 Å². The molecule has 4 unspecified atom stereocenters. The minimum absolute atomic E-state index is 0.00422. The summed E-state index contributed by atoms with van der Waals surface area (Å²) in [4.78, 5) is 12.9. The summed E-state index contributed by atoms with van der Waals surface area (Å²) in [5, 5.41) is 0. The van der Waals surface area contributed by atoms with Gasteiger partial charge in [0.05, 0.1) is 5.92 Å². The second-order valence-electron chi connectivity index (χ2n) is 9.89. The minimum atomic E-state index is -0.311. The highest BCUT2D eigenvalue weighted by Gasteiger charge is 2.43. The van der Waals surface area contributed by atoms with E-state index in [4.69, 9.17) is 4.74 Å². The first-order valence-corrected chi connectivity index (χ1v) is 11.5. The lowest BCUT2D eigenvalue weighted by molar-refractivity contribution is -0.144. The lowest BCUT2D eigenvalue weighted by Gasteiger charge is -2.45. The molecule has 3 aliphatic rings. The van der Waals surface area contributed by atoms with Gasteiger partial charge in [0.25, 0.3) is 0 Å². The lowest BCUT2D eigenvalue weighted by Crippen LogP contribution is -2.40. The third-order valence-corrected chi connectivity index (χ3v) is 8.08. The van der Waals surface area contributed by atoms with Crippen LogP contribution in [0, 0.1) is 48.2 Å². The Balaban J connectivity index is 1.37. The van der Waals surface area contributed by atoms with Gasteiger partial charge in [0, 0.05) is 6.07 Å². The van der Waals surface area contributed by atoms with Crippen molar-refractivity contribution >= 4 is 5.97 Å². The van der Waals surface area contributed by atoms with Crippen LogP contribution < -0.4 is 4.74 Å². The fourth-order valence-electron chi connectivity index (χ4n) is 6.31. The maximum absolute atomic E-state index is 13.8. The maximum Gasteiger partial charge on any atom is 0.314 e. The first-order valence-electron chi connectivity index (χ1n) is 11.5. The second-order valence-corrected chi connectivity index (χ2v) is 9.89. The smallest absolute Gasteiger partial charge is 0.314 e. The number of esters is 1. The summed E-state index contributed by atoms with van der Waals surface area (Å²) in [5.41, 5.74) is 0.577. The molecule has 0 saturated heterocycles. The SMILES string of the molecule is Cc1ccc(OC(=O)C2CCCC3CC(C4CCC(C)CC4)CCC32)cc1F. The summed E-state index contributed by atoms with van der Waals surface area (Å²) in [6.07, 6.45) is 12.7. The molecular weight excluding hydrogens is 351 g/mol. The van der Waals surface area contributed by atoms with Crippen LogP contribution in [-0.2, 0) is 4.79 Å². The van der Waals surface area contributed by atoms with E-state index in [2.05, 4.69) is 6.92 Å². The summed E-state index contributed by atoms with van der Waals surface area (Å²) >= 11 is 0. The van der Waals surface area contributed by atoms with Crippen LogP contribution in [0.5, 0.6) is 5.75 Å². The molecule has 0 bridgehead atoms. The van der Waals surface area contributed by atoms with Crippen LogP contribution in [0.25, 0.3) is 0 Å². The summed E-state index contributed by atoms with van der Waals surface area (Å²) < 4.78 is 19.4. The van der Waals surface area contributed by atoms with Gasteiger partial charge < -0.3 is 4.74 Å². The number of carbonyl (C=O) groups excluding carboxylic acids is 1. The normalized spacial score (nSPS) is 35.8. The zero-order valence-electron chi connectivity index (χ0n) is 17.5. The van der Waals surface area contributed by atoms with Crippen molar-refractivity contribution in [2.75, 3.05) is 0 Å². The zero-order valence-corrected chi connectivity index (χ0v) is 17.5. The van der Waals surface area contributed by atoms with Crippen molar-refractivity contribution in [3.63, 3.8) is 0 Å². The molecule has 0 amide bonds. The number of fused-ring (bicyclic) bond motifs is 1. The van der Waals surface area contributed by atoms with Gasteiger partial charge in [-0.15, -0.1) is 0 Å². The summed E-state index contributed by atoms with van der Waals surface area (Å²) in [6.45, 7) is 4.11. The van der Waals surface area contributed by atoms with E-state index in [-0.39, 0.29) is 17.7 Å². The lowest BCUT2D eigenvalue weighted by atomic mass is 9.59. The van der Waals surface area contributed by atoms with E-state index in [9.17, 15) is 9.18 Å². The molecule has 28 heavy (non-hydrogen) atoms. The Bertz CT molecular complexity index is 692. The standard InChI is InChI=1S/C25H35FO2/c1-16-6-9-18(10-7-16)19-11-13-22-20(14-19)4-3-5-23(22)25(27)28-21-12-8-17(2)24(26)15-21/h8,12,15-16,18-20,22-23H,3-7,9-11,13-14H2,1-2H3. The molecule has 0 heterocycles. The van der Waals surface area contributed by atoms with Crippen LogP contribution in [0.4, 0.5) is 4.39 Å². The summed E-state index contributed by atoms with van der Waals surface area (Å²) in [6, 6.07) is 4.73. The van der Waals surface area contributed by atoms with Gasteiger partial charge in [0.2, 0.25) is 0 Å². The van der Waals surface area contributed by atoms with E-state index < -0.39 is 0 Å². The van der Waals surface area contributed by atoms with Crippen LogP contribution >= 0.6 is 0 Å². The number of aryl methyl sites for hydroxylation is 1. The fourth-order valence-corrected chi connectivity index (χ4v) is 6.31. The zero-order chi connectivity index (χ0) is 19.7. The molecule has 4 rings (SSSR count). The Morgan fingerprint density at radius 1 is 0.964 bits per heavy atom. The van der Waals surface area contributed by atoms with E-state index >= 15 is 0 Å². The molecule has 0 radical (unpaired) electrons. The molecule has 3 fully saturated rings. The predicted octanol–water partition coefficient (Wildman–Crippen LogP) is 6.70. The number of rotatable bonds is 3. The third-order valence-electron chi connectivity index (χ3n) is 8.08. The van der Waals surface area contributed by atoms with Crippen molar-refractivity contribution in [1.29, 1.82) is 0 Å². The number of hydrogen-bond donors (Lipinski definition) is 0. The predicted molar refractivity (Wildman–Crippen MR) is 110 cm³/mol. The van der Waals surface area contributed by atoms with Crippen molar-refractivity contribution in [2.24, 2.45) is 35.5 Å². The van der Waals surface area contributed by atoms with Crippen molar-refractivity contribution < 1.29 is 13.9 Å². The molecule has 2 nitrogen and oxygen atoms in total. The second kappa shape index (κ2) is 8.55. The van der Waals surface area contributed by atoms with Crippen molar-refractivity contribution in [3.05, 3.63) is 29.6 Å². The molecule has 1 aromatic carbocycles. The van der Waals surface area contributed by atoms with Gasteiger partial charge in [-0.2, -0.15) is 0 Å². The van der Waals surface area contributed by atoms with Crippen molar-refractivity contribution in [3.8, 4) is 5.75 Å². The summed E-state index contributed by atoms with van der Waals surface area (Å²) in [5.74, 6) is 3.74. The number of ether oxygens (including phenoxy) is 1. The first-order chi connectivity index (χ1) is 13.5. The van der Waals surface area contributed by atoms with E-state index in [0.29, 0.717) is 23.1 Å². The molecule has 154 valence electrons. The summed E-state index contributed by atoms with van der Waals surface area (Å²) in [7, 11) is 0. The van der Waals surface area contributed by atoms with Gasteiger partial charge in [0.15, 0.2) is 0 Å². The highest BCUT2D eigenvalue weighted by atomic mass is 19.1. The average Bonchev–Trinajstić information content (AvgIpc) is 2.70. The van der Waals surface area contributed by atoms with Gasteiger partial charge in [-0.3, -0.25) is 4.79 Å². The minimum Gasteiger partial charge on any atom is -0.426 e. The van der Waals surface area contributed by atoms with Crippen LogP contribution in [-0.4, -0.2) is 5.97 Å². The van der Waals surface area contributed by atoms with Crippen LogP contribution in [0.2, 0.25) is 0 Å². The molecule has 3 saturated carbocycles. The van der Waals surface area contributed by atoms with E-state index in [1.165, 1.54) is 57.4 Å². The Hall–Kier alpha value is -1.38. The molecule has 3 heteroatoms. The van der Waals surface area contributed by atoms with E-state index in [1.807, 2.05) is 0 Å². The van der Waals surface area contributed by atoms with Crippen LogP contribution in [0.3, 0.4) is 0 Å². The molecule has 0 spiro atoms. The molecular formula is C25H35FO2.